The number of rotatable bonds is 4. The second-order valence-corrected chi connectivity index (χ2v) is 11.2. The molecule has 0 saturated heterocycles. The molecule has 0 saturated carbocycles. The van der Waals surface area contributed by atoms with Gasteiger partial charge in [0.2, 0.25) is 0 Å². The van der Waals surface area contributed by atoms with E-state index in [0.717, 1.165) is 56.3 Å². The van der Waals surface area contributed by atoms with Crippen molar-refractivity contribution in [3.63, 3.8) is 0 Å². The SMILES string of the molecule is C/C(I)=C(\Cl)c1ccncc1-c1cccc(/C(Cl)=C(/C)I)c1-c1cccc2cnccc12. The zero-order valence-corrected chi connectivity index (χ0v) is 23.2. The Labute approximate surface area is 225 Å². The van der Waals surface area contributed by atoms with Crippen LogP contribution in [-0.2, 0) is 0 Å². The van der Waals surface area contributed by atoms with Crippen LogP contribution in [-0.4, -0.2) is 9.97 Å². The molecule has 0 spiro atoms. The second kappa shape index (κ2) is 10.2. The van der Waals surface area contributed by atoms with Gasteiger partial charge in [-0.2, -0.15) is 0 Å². The monoisotopic (exact) mass is 682 g/mol. The van der Waals surface area contributed by atoms with Gasteiger partial charge in [-0.25, -0.2) is 0 Å². The van der Waals surface area contributed by atoms with E-state index >= 15 is 0 Å². The van der Waals surface area contributed by atoms with Gasteiger partial charge in [-0.15, -0.1) is 0 Å². The smallest absolute Gasteiger partial charge is 0.0575 e. The molecule has 0 radical (unpaired) electrons. The highest BCUT2D eigenvalue weighted by atomic mass is 127. The highest BCUT2D eigenvalue weighted by Gasteiger charge is 2.20. The number of allylic oxidation sites excluding steroid dienone is 2. The van der Waals surface area contributed by atoms with Gasteiger partial charge in [0, 0.05) is 54.0 Å². The van der Waals surface area contributed by atoms with Gasteiger partial charge in [0.05, 0.1) is 10.1 Å². The third-order valence-corrected chi connectivity index (χ3v) is 7.89. The van der Waals surface area contributed by atoms with E-state index in [9.17, 15) is 0 Å². The Kier molecular flexibility index (Phi) is 7.54. The summed E-state index contributed by atoms with van der Waals surface area (Å²) < 4.78 is 2.05. The zero-order valence-electron chi connectivity index (χ0n) is 17.3. The molecule has 0 unspecified atom stereocenters. The molecule has 0 atom stereocenters. The van der Waals surface area contributed by atoms with E-state index in [1.807, 2.05) is 50.6 Å². The molecule has 4 rings (SSSR count). The number of halogens is 4. The van der Waals surface area contributed by atoms with Crippen molar-refractivity contribution in [3.8, 4) is 22.3 Å². The first kappa shape index (κ1) is 23.7. The zero-order chi connectivity index (χ0) is 22.8. The van der Waals surface area contributed by atoms with Crippen LogP contribution in [0.4, 0.5) is 0 Å². The van der Waals surface area contributed by atoms with Crippen molar-refractivity contribution in [2.75, 3.05) is 0 Å². The molecule has 0 amide bonds. The third-order valence-electron chi connectivity index (χ3n) is 5.20. The lowest BCUT2D eigenvalue weighted by atomic mass is 9.87. The maximum Gasteiger partial charge on any atom is 0.0575 e. The number of fused-ring (bicyclic) bond motifs is 1. The Morgan fingerprint density at radius 3 is 2.06 bits per heavy atom. The molecule has 160 valence electrons. The summed E-state index contributed by atoms with van der Waals surface area (Å²) in [5.74, 6) is 0. The molecule has 2 aromatic carbocycles. The van der Waals surface area contributed by atoms with Crippen molar-refractivity contribution in [3.05, 3.63) is 91.6 Å². The number of nitrogens with zero attached hydrogens (tertiary/aromatic N) is 2. The highest BCUT2D eigenvalue weighted by molar-refractivity contribution is 14.1. The van der Waals surface area contributed by atoms with Crippen LogP contribution in [0.3, 0.4) is 0 Å². The van der Waals surface area contributed by atoms with Crippen LogP contribution in [0.15, 0.2) is 80.5 Å². The van der Waals surface area contributed by atoms with Gasteiger partial charge < -0.3 is 0 Å². The van der Waals surface area contributed by atoms with Crippen molar-refractivity contribution >= 4 is 89.2 Å². The molecule has 0 aliphatic heterocycles. The molecule has 2 aromatic heterocycles. The number of benzene rings is 2. The molecule has 0 N–H and O–H groups in total. The quantitative estimate of drug-likeness (QED) is 0.200. The fraction of sp³-hybridized carbons (Fsp3) is 0.0769. The van der Waals surface area contributed by atoms with E-state index in [4.69, 9.17) is 23.2 Å². The summed E-state index contributed by atoms with van der Waals surface area (Å²) in [4.78, 5) is 8.73. The molecule has 0 bridgehead atoms. The molecule has 0 aliphatic carbocycles. The van der Waals surface area contributed by atoms with Crippen LogP contribution < -0.4 is 0 Å². The molecule has 2 nitrogen and oxygen atoms in total. The van der Waals surface area contributed by atoms with Gasteiger partial charge in [0.15, 0.2) is 0 Å². The first-order valence-electron chi connectivity index (χ1n) is 9.85. The van der Waals surface area contributed by atoms with Crippen LogP contribution in [0, 0.1) is 0 Å². The average Bonchev–Trinajstić information content (AvgIpc) is 2.82. The molecular weight excluding hydrogens is 665 g/mol. The Morgan fingerprint density at radius 2 is 1.31 bits per heavy atom. The maximum absolute atomic E-state index is 6.87. The van der Waals surface area contributed by atoms with Gasteiger partial charge >= 0.3 is 0 Å². The summed E-state index contributed by atoms with van der Waals surface area (Å²) in [7, 11) is 0. The van der Waals surface area contributed by atoms with Gasteiger partial charge in [-0.3, -0.25) is 9.97 Å². The van der Waals surface area contributed by atoms with Gasteiger partial charge in [-0.05, 0) is 93.2 Å². The topological polar surface area (TPSA) is 25.8 Å². The third kappa shape index (κ3) is 4.60. The lowest BCUT2D eigenvalue weighted by molar-refractivity contribution is 1.32. The second-order valence-electron chi connectivity index (χ2n) is 7.25. The summed E-state index contributed by atoms with van der Waals surface area (Å²) >= 11 is 18.1. The molecule has 6 heteroatoms. The minimum Gasteiger partial charge on any atom is -0.264 e. The highest BCUT2D eigenvalue weighted by Crippen LogP contribution is 2.45. The fourth-order valence-corrected chi connectivity index (χ4v) is 4.67. The predicted octanol–water partition coefficient (Wildman–Crippen LogP) is 9.69. The Balaban J connectivity index is 2.16. The molecular formula is C26H18Cl2I2N2. The minimum absolute atomic E-state index is 0.716. The van der Waals surface area contributed by atoms with Crippen LogP contribution >= 0.6 is 68.4 Å². The van der Waals surface area contributed by atoms with Crippen molar-refractivity contribution in [1.82, 2.24) is 9.97 Å². The first-order valence-corrected chi connectivity index (χ1v) is 12.8. The molecule has 0 fully saturated rings. The van der Waals surface area contributed by atoms with E-state index in [-0.39, 0.29) is 0 Å². The summed E-state index contributed by atoms with van der Waals surface area (Å²) in [6.45, 7) is 4.02. The van der Waals surface area contributed by atoms with E-state index in [1.165, 1.54) is 0 Å². The summed E-state index contributed by atoms with van der Waals surface area (Å²) in [6.07, 6.45) is 7.36. The standard InChI is InChI=1S/C26H18Cl2I2N2/c1-15(29)25(27)21-10-12-32-14-23(21)20-7-4-8-22(26(28)16(2)30)24(20)19-6-3-5-17-13-31-11-9-18(17)19/h3-14H,1-2H3/b25-15+,26-16+. The summed E-state index contributed by atoms with van der Waals surface area (Å²) in [6, 6.07) is 16.5. The number of hydrogen-bond donors (Lipinski definition) is 0. The molecule has 32 heavy (non-hydrogen) atoms. The van der Waals surface area contributed by atoms with Gasteiger partial charge in [-0.1, -0.05) is 59.6 Å². The average molecular weight is 683 g/mol. The summed E-state index contributed by atoms with van der Waals surface area (Å²) in [5, 5.41) is 3.63. The van der Waals surface area contributed by atoms with Crippen molar-refractivity contribution in [1.29, 1.82) is 0 Å². The van der Waals surface area contributed by atoms with Crippen molar-refractivity contribution < 1.29 is 0 Å². The maximum atomic E-state index is 6.87. The van der Waals surface area contributed by atoms with Crippen LogP contribution in [0.2, 0.25) is 0 Å². The normalized spacial score (nSPS) is 13.1. The van der Waals surface area contributed by atoms with E-state index in [1.54, 1.807) is 6.20 Å². The van der Waals surface area contributed by atoms with Crippen LogP contribution in [0.25, 0.3) is 43.1 Å². The van der Waals surface area contributed by atoms with Gasteiger partial charge in [0.1, 0.15) is 0 Å². The van der Waals surface area contributed by atoms with Crippen LogP contribution in [0.1, 0.15) is 25.0 Å². The number of pyridine rings is 2. The Morgan fingerprint density at radius 1 is 0.688 bits per heavy atom. The molecule has 2 heterocycles. The van der Waals surface area contributed by atoms with Gasteiger partial charge in [0.25, 0.3) is 0 Å². The van der Waals surface area contributed by atoms with Crippen LogP contribution in [0.5, 0.6) is 0 Å². The number of hydrogen-bond acceptors (Lipinski definition) is 2. The van der Waals surface area contributed by atoms with E-state index in [0.29, 0.717) is 5.03 Å². The molecule has 4 aromatic rings. The largest absolute Gasteiger partial charge is 0.264 e. The lowest BCUT2D eigenvalue weighted by Gasteiger charge is -2.19. The lowest BCUT2D eigenvalue weighted by Crippen LogP contribution is -1.96. The van der Waals surface area contributed by atoms with E-state index < -0.39 is 0 Å². The predicted molar refractivity (Wildman–Crippen MR) is 155 cm³/mol. The fourth-order valence-electron chi connectivity index (χ4n) is 3.76. The Hall–Kier alpha value is -1.48. The van der Waals surface area contributed by atoms with E-state index in [2.05, 4.69) is 85.5 Å². The van der Waals surface area contributed by atoms with Crippen molar-refractivity contribution in [2.24, 2.45) is 0 Å². The minimum atomic E-state index is 0.716. The summed E-state index contributed by atoms with van der Waals surface area (Å²) in [5.41, 5.74) is 6.05. The van der Waals surface area contributed by atoms with Crippen molar-refractivity contribution in [2.45, 2.75) is 13.8 Å². The number of aromatic nitrogens is 2. The molecule has 0 aliphatic rings. The first-order chi connectivity index (χ1) is 15.4. The Bertz CT molecular complexity index is 1380.